The molecule has 2 saturated heterocycles. The Morgan fingerprint density at radius 1 is 1.30 bits per heavy atom. The smallest absolute Gasteiger partial charge is 0.318 e. The lowest BCUT2D eigenvalue weighted by Gasteiger charge is -2.31. The maximum Gasteiger partial charge on any atom is 0.318 e. The number of benzene rings is 1. The monoisotopic (exact) mass is 315 g/mol. The second-order valence-electron chi connectivity index (χ2n) is 7.15. The quantitative estimate of drug-likeness (QED) is 0.865. The predicted octanol–water partition coefficient (Wildman–Crippen LogP) is 2.36. The van der Waals surface area contributed by atoms with Gasteiger partial charge in [0.05, 0.1) is 18.2 Å². The van der Waals surface area contributed by atoms with E-state index in [2.05, 4.69) is 42.4 Å². The van der Waals surface area contributed by atoms with E-state index in [0.29, 0.717) is 12.6 Å². The number of carbonyl (C=O) groups is 1. The van der Waals surface area contributed by atoms with Gasteiger partial charge >= 0.3 is 6.03 Å². The summed E-state index contributed by atoms with van der Waals surface area (Å²) < 4.78 is 5.86. The predicted molar refractivity (Wildman–Crippen MR) is 89.5 cm³/mol. The fraction of sp³-hybridized carbons (Fsp3) is 0.611. The fourth-order valence-corrected chi connectivity index (χ4v) is 4.25. The number of amides is 2. The number of rotatable bonds is 1. The van der Waals surface area contributed by atoms with Gasteiger partial charge in [0.2, 0.25) is 0 Å². The molecule has 0 spiro atoms. The van der Waals surface area contributed by atoms with Crippen LogP contribution in [0.25, 0.3) is 0 Å². The molecule has 5 nitrogen and oxygen atoms in total. The van der Waals surface area contributed by atoms with Gasteiger partial charge in [0.1, 0.15) is 0 Å². The third-order valence-corrected chi connectivity index (χ3v) is 5.49. The van der Waals surface area contributed by atoms with E-state index in [1.807, 2.05) is 11.0 Å². The Morgan fingerprint density at radius 3 is 2.87 bits per heavy atom. The molecule has 4 atom stereocenters. The van der Waals surface area contributed by atoms with Crippen LogP contribution in [0.3, 0.4) is 0 Å². The Kier molecular flexibility index (Phi) is 3.68. The molecule has 2 amide bonds. The molecule has 124 valence electrons. The molecule has 1 N–H and O–H groups in total. The number of hydrogen-bond acceptors (Lipinski definition) is 3. The number of fused-ring (bicyclic) bond motifs is 3. The number of nitrogens with one attached hydrogen (secondary N) is 1. The minimum Gasteiger partial charge on any atom is -0.373 e. The Balaban J connectivity index is 1.50. The van der Waals surface area contributed by atoms with Gasteiger partial charge in [0, 0.05) is 31.9 Å². The summed E-state index contributed by atoms with van der Waals surface area (Å²) in [5.41, 5.74) is 2.43. The van der Waals surface area contributed by atoms with Crippen LogP contribution in [-0.2, 0) is 11.3 Å². The van der Waals surface area contributed by atoms with E-state index in [-0.39, 0.29) is 24.2 Å². The zero-order valence-corrected chi connectivity index (χ0v) is 13.9. The maximum absolute atomic E-state index is 12.9. The van der Waals surface area contributed by atoms with Crippen molar-refractivity contribution in [1.29, 1.82) is 0 Å². The average Bonchev–Trinajstić information content (AvgIpc) is 3.12. The highest BCUT2D eigenvalue weighted by Crippen LogP contribution is 2.34. The summed E-state index contributed by atoms with van der Waals surface area (Å²) in [5.74, 6) is 0. The normalized spacial score (nSPS) is 32.6. The number of carbonyl (C=O) groups excluding carboxylic acids is 1. The topological polar surface area (TPSA) is 44.8 Å². The molecule has 23 heavy (non-hydrogen) atoms. The molecule has 0 aromatic heterocycles. The first-order valence-corrected chi connectivity index (χ1v) is 8.63. The SMILES string of the molecule is C[C@H]1CN(C)c2ccccc2CN1C(=O)N[C@H]1C[C@H]2CC[C@H]1O2. The zero-order valence-electron chi connectivity index (χ0n) is 13.9. The highest BCUT2D eigenvalue weighted by molar-refractivity contribution is 5.76. The van der Waals surface area contributed by atoms with Crippen molar-refractivity contribution in [3.8, 4) is 0 Å². The van der Waals surface area contributed by atoms with Gasteiger partial charge in [-0.1, -0.05) is 18.2 Å². The Morgan fingerprint density at radius 2 is 2.13 bits per heavy atom. The number of ether oxygens (including phenoxy) is 1. The van der Waals surface area contributed by atoms with E-state index in [0.717, 1.165) is 25.8 Å². The van der Waals surface area contributed by atoms with Crippen LogP contribution in [0.2, 0.25) is 0 Å². The summed E-state index contributed by atoms with van der Waals surface area (Å²) in [5, 5.41) is 3.23. The highest BCUT2D eigenvalue weighted by atomic mass is 16.5. The number of anilines is 1. The molecule has 0 unspecified atom stereocenters. The van der Waals surface area contributed by atoms with Crippen molar-refractivity contribution in [1.82, 2.24) is 10.2 Å². The van der Waals surface area contributed by atoms with E-state index >= 15 is 0 Å². The summed E-state index contributed by atoms with van der Waals surface area (Å²) >= 11 is 0. The Hall–Kier alpha value is -1.75. The van der Waals surface area contributed by atoms with Crippen molar-refractivity contribution >= 4 is 11.7 Å². The molecule has 0 aliphatic carbocycles. The van der Waals surface area contributed by atoms with Gasteiger partial charge in [0.25, 0.3) is 0 Å². The molecule has 2 fully saturated rings. The van der Waals surface area contributed by atoms with E-state index in [1.165, 1.54) is 11.3 Å². The summed E-state index contributed by atoms with van der Waals surface area (Å²) in [6.45, 7) is 3.63. The van der Waals surface area contributed by atoms with Crippen molar-refractivity contribution in [2.45, 2.75) is 57.0 Å². The molecule has 0 saturated carbocycles. The molecular weight excluding hydrogens is 290 g/mol. The van der Waals surface area contributed by atoms with Crippen molar-refractivity contribution < 1.29 is 9.53 Å². The summed E-state index contributed by atoms with van der Waals surface area (Å²) in [6, 6.07) is 8.75. The van der Waals surface area contributed by atoms with Crippen LogP contribution in [0.5, 0.6) is 0 Å². The Bertz CT molecular complexity index is 606. The lowest BCUT2D eigenvalue weighted by Crippen LogP contribution is -2.51. The maximum atomic E-state index is 12.9. The number of para-hydroxylation sites is 1. The molecule has 1 aromatic carbocycles. The number of likely N-dealkylation sites (N-methyl/N-ethyl adjacent to an activating group) is 1. The molecule has 5 heteroatoms. The van der Waals surface area contributed by atoms with Gasteiger partial charge in [-0.3, -0.25) is 0 Å². The minimum atomic E-state index is 0.0451. The van der Waals surface area contributed by atoms with Crippen LogP contribution < -0.4 is 10.2 Å². The first-order valence-electron chi connectivity index (χ1n) is 8.63. The highest BCUT2D eigenvalue weighted by Gasteiger charge is 2.42. The molecule has 3 aliphatic heterocycles. The van der Waals surface area contributed by atoms with Crippen LogP contribution in [-0.4, -0.2) is 48.8 Å². The molecule has 0 radical (unpaired) electrons. The second-order valence-corrected chi connectivity index (χ2v) is 7.15. The Labute approximate surface area is 137 Å². The lowest BCUT2D eigenvalue weighted by molar-refractivity contribution is 0.0963. The van der Waals surface area contributed by atoms with E-state index in [4.69, 9.17) is 4.74 Å². The molecule has 2 bridgehead atoms. The van der Waals surface area contributed by atoms with Gasteiger partial charge < -0.3 is 19.9 Å². The third kappa shape index (κ3) is 2.67. The number of urea groups is 1. The van der Waals surface area contributed by atoms with Gasteiger partial charge in [-0.2, -0.15) is 0 Å². The van der Waals surface area contributed by atoms with Crippen molar-refractivity contribution in [3.63, 3.8) is 0 Å². The molecule has 4 rings (SSSR count). The van der Waals surface area contributed by atoms with Crippen molar-refractivity contribution in [3.05, 3.63) is 29.8 Å². The van der Waals surface area contributed by atoms with Gasteiger partial charge in [-0.15, -0.1) is 0 Å². The third-order valence-electron chi connectivity index (χ3n) is 5.49. The van der Waals surface area contributed by atoms with Crippen LogP contribution >= 0.6 is 0 Å². The molecular formula is C18H25N3O2. The fourth-order valence-electron chi connectivity index (χ4n) is 4.25. The van der Waals surface area contributed by atoms with Crippen LogP contribution in [0, 0.1) is 0 Å². The van der Waals surface area contributed by atoms with E-state index in [1.54, 1.807) is 0 Å². The molecule has 3 aliphatic rings. The van der Waals surface area contributed by atoms with E-state index < -0.39 is 0 Å². The average molecular weight is 315 g/mol. The molecule has 1 aromatic rings. The largest absolute Gasteiger partial charge is 0.373 e. The van der Waals surface area contributed by atoms with Crippen LogP contribution in [0.4, 0.5) is 10.5 Å². The van der Waals surface area contributed by atoms with Crippen molar-refractivity contribution in [2.75, 3.05) is 18.5 Å². The molecule has 3 heterocycles. The first kappa shape index (κ1) is 14.8. The van der Waals surface area contributed by atoms with Gasteiger partial charge in [-0.25, -0.2) is 4.79 Å². The second kappa shape index (κ2) is 5.71. The lowest BCUT2D eigenvalue weighted by atomic mass is 9.96. The number of hydrogen-bond donors (Lipinski definition) is 1. The minimum absolute atomic E-state index is 0.0451. The zero-order chi connectivity index (χ0) is 16.0. The van der Waals surface area contributed by atoms with Crippen molar-refractivity contribution in [2.24, 2.45) is 0 Å². The number of nitrogens with zero attached hydrogens (tertiary/aromatic N) is 2. The summed E-state index contributed by atoms with van der Waals surface area (Å²) in [6.07, 6.45) is 3.78. The summed E-state index contributed by atoms with van der Waals surface area (Å²) in [4.78, 5) is 17.1. The van der Waals surface area contributed by atoms with Crippen LogP contribution in [0.1, 0.15) is 31.7 Å². The van der Waals surface area contributed by atoms with Gasteiger partial charge in [0.15, 0.2) is 0 Å². The van der Waals surface area contributed by atoms with Gasteiger partial charge in [-0.05, 0) is 37.8 Å². The first-order chi connectivity index (χ1) is 11.1. The van der Waals surface area contributed by atoms with E-state index in [9.17, 15) is 4.79 Å². The van der Waals surface area contributed by atoms with Crippen LogP contribution in [0.15, 0.2) is 24.3 Å². The summed E-state index contributed by atoms with van der Waals surface area (Å²) in [7, 11) is 2.10. The standard InChI is InChI=1S/C18H25N3O2/c1-12-10-20(2)16-6-4-3-5-13(16)11-21(12)18(22)19-15-9-14-7-8-17(15)23-14/h3-6,12,14-15,17H,7-11H2,1-2H3,(H,19,22)/t12-,14+,15-,17+/m0/s1.